The van der Waals surface area contributed by atoms with E-state index in [-0.39, 0.29) is 17.8 Å². The number of urea groups is 1. The second-order valence-corrected chi connectivity index (χ2v) is 4.99. The number of nitrogens with one attached hydrogen (secondary N) is 2. The quantitative estimate of drug-likeness (QED) is 0.840. The van der Waals surface area contributed by atoms with Gasteiger partial charge in [0.05, 0.1) is 5.69 Å². The summed E-state index contributed by atoms with van der Waals surface area (Å²) in [6.07, 6.45) is 5.50. The van der Waals surface area contributed by atoms with Crippen LogP contribution in [0.3, 0.4) is 0 Å². The average molecular weight is 271 g/mol. The molecule has 0 radical (unpaired) electrons. The molecule has 2 rings (SSSR count). The molecule has 1 aliphatic carbocycles. The Labute approximate surface area is 111 Å². The third kappa shape index (κ3) is 3.60. The number of hydrogen-bond donors (Lipinski definition) is 2. The van der Waals surface area contributed by atoms with Crippen molar-refractivity contribution in [2.75, 3.05) is 5.32 Å². The van der Waals surface area contributed by atoms with Gasteiger partial charge in [0.15, 0.2) is 0 Å². The first-order valence-corrected chi connectivity index (χ1v) is 6.55. The van der Waals surface area contributed by atoms with Crippen molar-refractivity contribution in [3.8, 4) is 0 Å². The Balaban J connectivity index is 1.90. The first-order valence-electron chi connectivity index (χ1n) is 6.18. The zero-order valence-corrected chi connectivity index (χ0v) is 10.8. The summed E-state index contributed by atoms with van der Waals surface area (Å²) in [6, 6.07) is 4.02. The molecule has 0 atom stereocenters. The van der Waals surface area contributed by atoms with E-state index in [1.807, 2.05) is 0 Å². The summed E-state index contributed by atoms with van der Waals surface area (Å²) in [5, 5.41) is 5.67. The average Bonchev–Trinajstić information content (AvgIpc) is 2.34. The summed E-state index contributed by atoms with van der Waals surface area (Å²) in [5.74, 6) is -0.527. The molecule has 0 bridgehead atoms. The van der Waals surface area contributed by atoms with Crippen LogP contribution in [0, 0.1) is 5.82 Å². The van der Waals surface area contributed by atoms with Crippen molar-refractivity contribution in [2.45, 2.75) is 38.1 Å². The fraction of sp³-hybridized carbons (Fsp3) is 0.462. The Hall–Kier alpha value is -1.29. The molecule has 0 unspecified atom stereocenters. The van der Waals surface area contributed by atoms with E-state index in [2.05, 4.69) is 10.6 Å². The number of carbonyl (C=O) groups is 1. The van der Waals surface area contributed by atoms with Crippen LogP contribution in [0.4, 0.5) is 14.9 Å². The standard InChI is InChI=1S/C13H16ClFN2O/c14-9-6-7-12(11(15)8-9)17-13(18)16-10-4-2-1-3-5-10/h6-8,10H,1-5H2,(H2,16,17,18). The van der Waals surface area contributed by atoms with Crippen molar-refractivity contribution in [1.82, 2.24) is 5.32 Å². The molecule has 1 aromatic rings. The van der Waals surface area contributed by atoms with Crippen LogP contribution in [-0.2, 0) is 0 Å². The number of amides is 2. The number of carbonyl (C=O) groups excluding carboxylic acids is 1. The van der Waals surface area contributed by atoms with Crippen molar-refractivity contribution >= 4 is 23.3 Å². The van der Waals surface area contributed by atoms with E-state index in [1.165, 1.54) is 18.6 Å². The predicted molar refractivity (Wildman–Crippen MR) is 70.4 cm³/mol. The highest BCUT2D eigenvalue weighted by atomic mass is 35.5. The molecule has 1 saturated carbocycles. The summed E-state index contributed by atoms with van der Waals surface area (Å²) in [6.45, 7) is 0. The highest BCUT2D eigenvalue weighted by Gasteiger charge is 2.16. The van der Waals surface area contributed by atoms with E-state index >= 15 is 0 Å². The van der Waals surface area contributed by atoms with E-state index in [0.29, 0.717) is 5.02 Å². The van der Waals surface area contributed by atoms with E-state index in [0.717, 1.165) is 25.7 Å². The Bertz CT molecular complexity index is 433. The van der Waals surface area contributed by atoms with Crippen LogP contribution in [0.5, 0.6) is 0 Å². The zero-order chi connectivity index (χ0) is 13.0. The molecule has 5 heteroatoms. The summed E-state index contributed by atoms with van der Waals surface area (Å²) in [7, 11) is 0. The van der Waals surface area contributed by atoms with Gasteiger partial charge in [-0.2, -0.15) is 0 Å². The zero-order valence-electron chi connectivity index (χ0n) is 10.0. The maximum Gasteiger partial charge on any atom is 0.319 e. The first kappa shape index (κ1) is 13.1. The SMILES string of the molecule is O=C(Nc1ccc(Cl)cc1F)NC1CCCCC1. The number of hydrogen-bond acceptors (Lipinski definition) is 1. The maximum absolute atomic E-state index is 13.5. The molecule has 0 aliphatic heterocycles. The van der Waals surface area contributed by atoms with Gasteiger partial charge in [-0.05, 0) is 31.0 Å². The van der Waals surface area contributed by atoms with Crippen LogP contribution >= 0.6 is 11.6 Å². The van der Waals surface area contributed by atoms with Crippen molar-refractivity contribution in [3.05, 3.63) is 29.0 Å². The number of benzene rings is 1. The fourth-order valence-corrected chi connectivity index (χ4v) is 2.34. The molecule has 1 aromatic carbocycles. The van der Waals surface area contributed by atoms with E-state index in [4.69, 9.17) is 11.6 Å². The Kier molecular flexibility index (Phi) is 4.42. The van der Waals surface area contributed by atoms with Gasteiger partial charge in [-0.15, -0.1) is 0 Å². The monoisotopic (exact) mass is 270 g/mol. The molecule has 0 aromatic heterocycles. The lowest BCUT2D eigenvalue weighted by atomic mass is 9.96. The largest absolute Gasteiger partial charge is 0.335 e. The molecular formula is C13H16ClFN2O. The first-order chi connectivity index (χ1) is 8.65. The Morgan fingerprint density at radius 1 is 1.28 bits per heavy atom. The van der Waals surface area contributed by atoms with Gasteiger partial charge in [-0.25, -0.2) is 9.18 Å². The van der Waals surface area contributed by atoms with E-state index in [9.17, 15) is 9.18 Å². The molecule has 3 nitrogen and oxygen atoms in total. The van der Waals surface area contributed by atoms with Crippen molar-refractivity contribution < 1.29 is 9.18 Å². The van der Waals surface area contributed by atoms with Crippen LogP contribution in [-0.4, -0.2) is 12.1 Å². The number of anilines is 1. The molecule has 2 amide bonds. The summed E-state index contributed by atoms with van der Waals surface area (Å²) < 4.78 is 13.5. The molecular weight excluding hydrogens is 255 g/mol. The van der Waals surface area contributed by atoms with Gasteiger partial charge >= 0.3 is 6.03 Å². The van der Waals surface area contributed by atoms with Crippen molar-refractivity contribution in [3.63, 3.8) is 0 Å². The van der Waals surface area contributed by atoms with Crippen LogP contribution in [0.15, 0.2) is 18.2 Å². The van der Waals surface area contributed by atoms with Crippen LogP contribution in [0.25, 0.3) is 0 Å². The van der Waals surface area contributed by atoms with Crippen LogP contribution in [0.2, 0.25) is 5.02 Å². The lowest BCUT2D eigenvalue weighted by Crippen LogP contribution is -2.39. The summed E-state index contributed by atoms with van der Waals surface area (Å²) in [4.78, 5) is 11.7. The second-order valence-electron chi connectivity index (χ2n) is 4.56. The van der Waals surface area contributed by atoms with Gasteiger partial charge in [0, 0.05) is 11.1 Å². The molecule has 1 fully saturated rings. The second kappa shape index (κ2) is 6.05. The normalized spacial score (nSPS) is 16.3. The molecule has 0 spiro atoms. The van der Waals surface area contributed by atoms with Gasteiger partial charge in [0.2, 0.25) is 0 Å². The highest BCUT2D eigenvalue weighted by molar-refractivity contribution is 6.30. The minimum absolute atomic E-state index is 0.146. The topological polar surface area (TPSA) is 41.1 Å². The highest BCUT2D eigenvalue weighted by Crippen LogP contribution is 2.20. The molecule has 0 saturated heterocycles. The summed E-state index contributed by atoms with van der Waals surface area (Å²) in [5.41, 5.74) is 0.146. The molecule has 1 aliphatic rings. The lowest BCUT2D eigenvalue weighted by Gasteiger charge is -2.22. The molecule has 18 heavy (non-hydrogen) atoms. The minimum Gasteiger partial charge on any atom is -0.335 e. The molecule has 2 N–H and O–H groups in total. The van der Waals surface area contributed by atoms with Gasteiger partial charge in [-0.1, -0.05) is 30.9 Å². The van der Waals surface area contributed by atoms with E-state index < -0.39 is 5.82 Å². The van der Waals surface area contributed by atoms with E-state index in [1.54, 1.807) is 6.07 Å². The van der Waals surface area contributed by atoms with Crippen molar-refractivity contribution in [1.29, 1.82) is 0 Å². The van der Waals surface area contributed by atoms with Gasteiger partial charge in [0.25, 0.3) is 0 Å². The number of rotatable bonds is 2. The fourth-order valence-electron chi connectivity index (χ4n) is 2.18. The van der Waals surface area contributed by atoms with Crippen LogP contribution in [0.1, 0.15) is 32.1 Å². The maximum atomic E-state index is 13.5. The number of halogens is 2. The van der Waals surface area contributed by atoms with Crippen molar-refractivity contribution in [2.24, 2.45) is 0 Å². The van der Waals surface area contributed by atoms with Gasteiger partial charge in [-0.3, -0.25) is 0 Å². The van der Waals surface area contributed by atoms with Gasteiger partial charge in [0.1, 0.15) is 5.82 Å². The Morgan fingerprint density at radius 2 is 2.00 bits per heavy atom. The van der Waals surface area contributed by atoms with Crippen LogP contribution < -0.4 is 10.6 Å². The predicted octanol–water partition coefficient (Wildman–Crippen LogP) is 3.93. The third-order valence-electron chi connectivity index (χ3n) is 3.12. The lowest BCUT2D eigenvalue weighted by molar-refractivity contribution is 0.244. The Morgan fingerprint density at radius 3 is 2.67 bits per heavy atom. The molecule has 0 heterocycles. The summed E-state index contributed by atoms with van der Waals surface area (Å²) >= 11 is 5.64. The minimum atomic E-state index is -0.527. The molecule has 98 valence electrons. The van der Waals surface area contributed by atoms with Gasteiger partial charge < -0.3 is 10.6 Å². The smallest absolute Gasteiger partial charge is 0.319 e. The third-order valence-corrected chi connectivity index (χ3v) is 3.35.